The molecule has 0 saturated carbocycles. The van der Waals surface area contributed by atoms with Crippen LogP contribution in [0.3, 0.4) is 0 Å². The topological polar surface area (TPSA) is 66.8 Å². The van der Waals surface area contributed by atoms with Crippen LogP contribution in [0.5, 0.6) is 5.75 Å². The smallest absolute Gasteiger partial charge is 0.506 e. The van der Waals surface area contributed by atoms with E-state index < -0.39 is 6.16 Å². The predicted octanol–water partition coefficient (Wildman–Crippen LogP) is 2.26. The zero-order valence-electron chi connectivity index (χ0n) is 7.59. The molecule has 0 fully saturated rings. The van der Waals surface area contributed by atoms with Crippen LogP contribution in [0.1, 0.15) is 0 Å². The minimum Gasteiger partial charge on any atom is -0.508 e. The molecule has 14 heavy (non-hydrogen) atoms. The summed E-state index contributed by atoms with van der Waals surface area (Å²) in [6.45, 7) is 3.31. The van der Waals surface area contributed by atoms with Crippen LogP contribution in [0.25, 0.3) is 0 Å². The first-order chi connectivity index (χ1) is 6.66. The van der Waals surface area contributed by atoms with Gasteiger partial charge in [0.1, 0.15) is 12.4 Å². The monoisotopic (exact) mass is 196 g/mol. The molecule has 0 amide bonds. The lowest BCUT2D eigenvalue weighted by Crippen LogP contribution is -1.98. The van der Waals surface area contributed by atoms with Crippen molar-refractivity contribution in [3.05, 3.63) is 43.0 Å². The van der Waals surface area contributed by atoms with Gasteiger partial charge in [-0.15, -0.1) is 0 Å². The highest BCUT2D eigenvalue weighted by atomic mass is 16.7. The van der Waals surface area contributed by atoms with Crippen LogP contribution in [0, 0.1) is 0 Å². The number of para-hydroxylation sites is 1. The zero-order valence-corrected chi connectivity index (χ0v) is 7.59. The summed E-state index contributed by atoms with van der Waals surface area (Å²) in [6, 6.07) is 8.71. The van der Waals surface area contributed by atoms with Gasteiger partial charge in [-0.25, -0.2) is 4.79 Å². The Balaban J connectivity index is 0.000000241. The molecule has 0 atom stereocenters. The van der Waals surface area contributed by atoms with Crippen LogP contribution >= 0.6 is 0 Å². The van der Waals surface area contributed by atoms with Gasteiger partial charge in [-0.05, 0) is 12.1 Å². The van der Waals surface area contributed by atoms with Crippen LogP contribution in [0.15, 0.2) is 43.0 Å². The number of phenolic OH excluding ortho intramolecular Hbond substituents is 1. The van der Waals surface area contributed by atoms with E-state index in [0.29, 0.717) is 5.75 Å². The minimum atomic E-state index is -1.26. The van der Waals surface area contributed by atoms with Crippen LogP contribution in [0.4, 0.5) is 4.79 Å². The van der Waals surface area contributed by atoms with Gasteiger partial charge in [-0.3, -0.25) is 0 Å². The summed E-state index contributed by atoms with van der Waals surface area (Å²) < 4.78 is 3.99. The fourth-order valence-electron chi connectivity index (χ4n) is 0.558. The first kappa shape index (κ1) is 12.0. The molecule has 0 spiro atoms. The average molecular weight is 196 g/mol. The van der Waals surface area contributed by atoms with Crippen molar-refractivity contribution in [1.82, 2.24) is 0 Å². The molecule has 2 N–H and O–H groups in total. The van der Waals surface area contributed by atoms with E-state index in [4.69, 9.17) is 10.2 Å². The SMILES string of the molecule is C=CCOC(=O)O.Oc1ccccc1. The quantitative estimate of drug-likeness (QED) is 0.562. The number of carbonyl (C=O) groups is 1. The molecule has 0 aliphatic rings. The Labute approximate surface area is 82.1 Å². The molecule has 0 bridgehead atoms. The molecule has 4 nitrogen and oxygen atoms in total. The van der Waals surface area contributed by atoms with E-state index in [-0.39, 0.29) is 6.61 Å². The first-order valence-electron chi connectivity index (χ1n) is 3.87. The molecular formula is C10H12O4. The summed E-state index contributed by atoms with van der Waals surface area (Å²) in [5.74, 6) is 0.322. The lowest BCUT2D eigenvalue weighted by molar-refractivity contribution is 0.102. The maximum atomic E-state index is 9.49. The molecule has 0 heterocycles. The van der Waals surface area contributed by atoms with Gasteiger partial charge in [-0.1, -0.05) is 30.9 Å². The summed E-state index contributed by atoms with van der Waals surface area (Å²) in [4.78, 5) is 9.49. The highest BCUT2D eigenvalue weighted by Gasteiger charge is 1.87. The summed E-state index contributed by atoms with van der Waals surface area (Å²) in [5, 5.41) is 16.4. The second-order valence-electron chi connectivity index (χ2n) is 2.20. The standard InChI is InChI=1S/C6H6O.C4H6O3/c7-6-4-2-1-3-5-6;1-2-3-7-4(5)6/h1-5,7H;2H,1,3H2,(H,5,6). The van der Waals surface area contributed by atoms with Crippen molar-refractivity contribution in [3.63, 3.8) is 0 Å². The second kappa shape index (κ2) is 7.67. The van der Waals surface area contributed by atoms with E-state index in [2.05, 4.69) is 11.3 Å². The minimum absolute atomic E-state index is 0.0648. The predicted molar refractivity (Wildman–Crippen MR) is 52.3 cm³/mol. The van der Waals surface area contributed by atoms with Crippen LogP contribution < -0.4 is 0 Å². The number of rotatable bonds is 2. The lowest BCUT2D eigenvalue weighted by atomic mass is 10.3. The summed E-state index contributed by atoms with van der Waals surface area (Å²) >= 11 is 0. The Kier molecular flexibility index (Phi) is 6.59. The molecule has 4 heteroatoms. The molecule has 0 aromatic heterocycles. The fourth-order valence-corrected chi connectivity index (χ4v) is 0.558. The van der Waals surface area contributed by atoms with Crippen molar-refractivity contribution >= 4 is 6.16 Å². The summed E-state index contributed by atoms with van der Waals surface area (Å²) in [7, 11) is 0. The van der Waals surface area contributed by atoms with Crippen molar-refractivity contribution in [2.45, 2.75) is 0 Å². The lowest BCUT2D eigenvalue weighted by Gasteiger charge is -1.88. The molecule has 0 aliphatic heterocycles. The average Bonchev–Trinajstić information content (AvgIpc) is 2.17. The Bertz CT molecular complexity index is 269. The van der Waals surface area contributed by atoms with E-state index in [0.717, 1.165) is 0 Å². The Morgan fingerprint density at radius 3 is 2.21 bits per heavy atom. The summed E-state index contributed by atoms with van der Waals surface area (Å²) in [5.41, 5.74) is 0. The molecule has 0 saturated heterocycles. The van der Waals surface area contributed by atoms with Gasteiger partial charge in [0.25, 0.3) is 0 Å². The van der Waals surface area contributed by atoms with E-state index in [1.165, 1.54) is 6.08 Å². The maximum absolute atomic E-state index is 9.49. The molecule has 0 radical (unpaired) electrons. The Hall–Kier alpha value is -1.97. The molecule has 1 aromatic carbocycles. The number of phenols is 1. The van der Waals surface area contributed by atoms with Gasteiger partial charge < -0.3 is 14.9 Å². The Morgan fingerprint density at radius 1 is 1.43 bits per heavy atom. The second-order valence-corrected chi connectivity index (χ2v) is 2.20. The number of carboxylic acid groups (broad SMARTS) is 1. The first-order valence-corrected chi connectivity index (χ1v) is 3.87. The largest absolute Gasteiger partial charge is 0.508 e. The summed E-state index contributed by atoms with van der Waals surface area (Å²) in [6.07, 6.45) is 0.105. The third-order valence-electron chi connectivity index (χ3n) is 1.08. The van der Waals surface area contributed by atoms with Crippen molar-refractivity contribution < 1.29 is 19.7 Å². The highest BCUT2D eigenvalue weighted by Crippen LogP contribution is 2.02. The van der Waals surface area contributed by atoms with E-state index in [1.807, 2.05) is 6.07 Å². The van der Waals surface area contributed by atoms with Crippen LogP contribution in [0.2, 0.25) is 0 Å². The van der Waals surface area contributed by atoms with Crippen molar-refractivity contribution in [3.8, 4) is 5.75 Å². The number of aromatic hydroxyl groups is 1. The van der Waals surface area contributed by atoms with Crippen molar-refractivity contribution in [2.24, 2.45) is 0 Å². The van der Waals surface area contributed by atoms with Crippen LogP contribution in [-0.4, -0.2) is 23.0 Å². The molecule has 0 unspecified atom stereocenters. The molecule has 0 aliphatic carbocycles. The van der Waals surface area contributed by atoms with Gasteiger partial charge in [0.15, 0.2) is 0 Å². The third kappa shape index (κ3) is 8.13. The molecule has 1 rings (SSSR count). The van der Waals surface area contributed by atoms with Gasteiger partial charge in [0.05, 0.1) is 0 Å². The third-order valence-corrected chi connectivity index (χ3v) is 1.08. The van der Waals surface area contributed by atoms with Crippen molar-refractivity contribution in [1.29, 1.82) is 0 Å². The maximum Gasteiger partial charge on any atom is 0.506 e. The number of benzene rings is 1. The Morgan fingerprint density at radius 2 is 2.00 bits per heavy atom. The molecule has 1 aromatic rings. The zero-order chi connectivity index (χ0) is 10.8. The highest BCUT2D eigenvalue weighted by molar-refractivity contribution is 5.56. The number of ether oxygens (including phenoxy) is 1. The number of hydrogen-bond acceptors (Lipinski definition) is 3. The van der Waals surface area contributed by atoms with Gasteiger partial charge >= 0.3 is 6.16 Å². The van der Waals surface area contributed by atoms with E-state index in [1.54, 1.807) is 24.3 Å². The van der Waals surface area contributed by atoms with Gasteiger partial charge in [0.2, 0.25) is 0 Å². The molecule has 76 valence electrons. The van der Waals surface area contributed by atoms with E-state index in [9.17, 15) is 4.79 Å². The van der Waals surface area contributed by atoms with Gasteiger partial charge in [-0.2, -0.15) is 0 Å². The van der Waals surface area contributed by atoms with Crippen molar-refractivity contribution in [2.75, 3.05) is 6.61 Å². The fraction of sp³-hybridized carbons (Fsp3) is 0.100. The normalized spacial score (nSPS) is 8.00. The van der Waals surface area contributed by atoms with E-state index >= 15 is 0 Å². The van der Waals surface area contributed by atoms with Gasteiger partial charge in [0, 0.05) is 0 Å². The molecular weight excluding hydrogens is 184 g/mol. The van der Waals surface area contributed by atoms with Crippen LogP contribution in [-0.2, 0) is 4.74 Å². The number of hydrogen-bond donors (Lipinski definition) is 2.